The summed E-state index contributed by atoms with van der Waals surface area (Å²) in [6, 6.07) is 24.6. The number of phenolic OH excluding ortho intramolecular Hbond substituents is 1. The molecule has 2 aliphatic heterocycles. The van der Waals surface area contributed by atoms with Gasteiger partial charge in [-0.05, 0) is 103 Å². The number of hydrogen-bond acceptors (Lipinski definition) is 7. The van der Waals surface area contributed by atoms with E-state index in [4.69, 9.17) is 17.3 Å². The van der Waals surface area contributed by atoms with Gasteiger partial charge in [0, 0.05) is 55.6 Å². The summed E-state index contributed by atoms with van der Waals surface area (Å²) in [5.41, 5.74) is 12.5. The molecule has 0 unspecified atom stereocenters. The van der Waals surface area contributed by atoms with E-state index in [1.54, 1.807) is 41.3 Å². The van der Waals surface area contributed by atoms with Crippen LogP contribution in [0.4, 0.5) is 5.69 Å². The van der Waals surface area contributed by atoms with Gasteiger partial charge in [-0.3, -0.25) is 24.0 Å². The van der Waals surface area contributed by atoms with Crippen molar-refractivity contribution in [2.75, 3.05) is 24.5 Å². The number of carbonyl (C=O) groups is 5. The number of hydrogen-bond donors (Lipinski definition) is 4. The number of likely N-dealkylation sites (tertiary alicyclic amines) is 1. The molecule has 6 rings (SSSR count). The Balaban J connectivity index is 1.13. The molecule has 12 nitrogen and oxygen atoms in total. The van der Waals surface area contributed by atoms with Crippen LogP contribution in [-0.4, -0.2) is 88.2 Å². The number of rotatable bonds is 13. The lowest BCUT2D eigenvalue weighted by molar-refractivity contribution is -0.143. The number of para-hydroxylation sites is 1. The highest BCUT2D eigenvalue weighted by Gasteiger charge is 2.38. The van der Waals surface area contributed by atoms with Crippen molar-refractivity contribution in [3.8, 4) is 5.75 Å². The Morgan fingerprint density at radius 3 is 2.14 bits per heavy atom. The van der Waals surface area contributed by atoms with E-state index in [-0.39, 0.29) is 49.4 Å². The average Bonchev–Trinajstić information content (AvgIpc) is 3.24. The van der Waals surface area contributed by atoms with E-state index in [0.29, 0.717) is 37.4 Å². The van der Waals surface area contributed by atoms with Crippen LogP contribution in [0.5, 0.6) is 5.75 Å². The van der Waals surface area contributed by atoms with Gasteiger partial charge in [-0.25, -0.2) is 0 Å². The molecule has 59 heavy (non-hydrogen) atoms. The Morgan fingerprint density at radius 2 is 1.49 bits per heavy atom. The third kappa shape index (κ3) is 10.5. The van der Waals surface area contributed by atoms with Crippen molar-refractivity contribution < 1.29 is 29.1 Å². The number of aromatic hydroxyl groups is 1. The molecule has 0 spiro atoms. The third-order valence-electron chi connectivity index (χ3n) is 11.4. The lowest BCUT2D eigenvalue weighted by atomic mass is 9.91. The molecule has 5 amide bonds. The fourth-order valence-electron chi connectivity index (χ4n) is 8.27. The van der Waals surface area contributed by atoms with Gasteiger partial charge in [-0.2, -0.15) is 0 Å². The number of nitrogens with zero attached hydrogens (tertiary/aromatic N) is 3. The molecule has 1 saturated heterocycles. The highest BCUT2D eigenvalue weighted by molar-refractivity contribution is 6.30. The van der Waals surface area contributed by atoms with Crippen LogP contribution >= 0.6 is 11.6 Å². The summed E-state index contributed by atoms with van der Waals surface area (Å²) in [5.74, 6) is -1.59. The lowest BCUT2D eigenvalue weighted by Crippen LogP contribution is -2.58. The molecule has 310 valence electrons. The number of nitrogens with two attached hydrogens (primary N) is 1. The largest absolute Gasteiger partial charge is 0.508 e. The van der Waals surface area contributed by atoms with Crippen molar-refractivity contribution >= 4 is 46.8 Å². The van der Waals surface area contributed by atoms with Crippen LogP contribution in [0.1, 0.15) is 59.6 Å². The van der Waals surface area contributed by atoms with Gasteiger partial charge in [0.25, 0.3) is 0 Å². The van der Waals surface area contributed by atoms with Gasteiger partial charge in [0.15, 0.2) is 0 Å². The molecule has 13 heteroatoms. The van der Waals surface area contributed by atoms with Crippen LogP contribution in [-0.2, 0) is 49.8 Å². The highest BCUT2D eigenvalue weighted by Crippen LogP contribution is 2.28. The van der Waals surface area contributed by atoms with Gasteiger partial charge in [0.2, 0.25) is 29.5 Å². The van der Waals surface area contributed by atoms with Crippen LogP contribution in [0.2, 0.25) is 5.02 Å². The minimum atomic E-state index is -0.959. The van der Waals surface area contributed by atoms with Crippen molar-refractivity contribution in [1.29, 1.82) is 0 Å². The molecular formula is C46H53ClN6O6. The summed E-state index contributed by atoms with van der Waals surface area (Å²) in [7, 11) is 0. The van der Waals surface area contributed by atoms with E-state index in [2.05, 4.69) is 10.6 Å². The van der Waals surface area contributed by atoms with Crippen LogP contribution in [0.25, 0.3) is 0 Å². The van der Waals surface area contributed by atoms with E-state index in [1.807, 2.05) is 80.3 Å². The van der Waals surface area contributed by atoms with Gasteiger partial charge in [0.1, 0.15) is 17.8 Å². The summed E-state index contributed by atoms with van der Waals surface area (Å²) >= 11 is 6.14. The van der Waals surface area contributed by atoms with Gasteiger partial charge < -0.3 is 36.2 Å². The first kappa shape index (κ1) is 42.9. The minimum absolute atomic E-state index is 0.0166. The summed E-state index contributed by atoms with van der Waals surface area (Å²) in [6.45, 7) is 6.09. The molecule has 0 aliphatic carbocycles. The molecule has 0 radical (unpaired) electrons. The van der Waals surface area contributed by atoms with Crippen molar-refractivity contribution in [1.82, 2.24) is 20.4 Å². The molecule has 2 heterocycles. The quantitative estimate of drug-likeness (QED) is 0.151. The fraction of sp³-hybridized carbons (Fsp3) is 0.370. The zero-order valence-corrected chi connectivity index (χ0v) is 34.6. The second kappa shape index (κ2) is 19.4. The monoisotopic (exact) mass is 820 g/mol. The van der Waals surface area contributed by atoms with E-state index in [9.17, 15) is 29.1 Å². The van der Waals surface area contributed by atoms with E-state index in [1.165, 1.54) is 4.90 Å². The van der Waals surface area contributed by atoms with Crippen molar-refractivity contribution in [3.63, 3.8) is 0 Å². The number of halogens is 1. The molecule has 4 aromatic rings. The van der Waals surface area contributed by atoms with E-state index >= 15 is 0 Å². The van der Waals surface area contributed by atoms with E-state index < -0.39 is 42.4 Å². The minimum Gasteiger partial charge on any atom is -0.508 e. The maximum atomic E-state index is 14.2. The van der Waals surface area contributed by atoms with Crippen LogP contribution in [0, 0.1) is 13.8 Å². The van der Waals surface area contributed by atoms with Crippen molar-refractivity contribution in [2.24, 2.45) is 5.73 Å². The van der Waals surface area contributed by atoms with Crippen LogP contribution in [0.15, 0.2) is 91.0 Å². The number of nitrogens with one attached hydrogen (secondary N) is 2. The SMILES string of the molecule is CCC(=O)N(c1ccccc1)C1CCN(C(=O)[C@H](Cc2ccc(Cl)cc2)NC(=O)CNC(=O)[C@H]2Cc3ccccc3CN2C(=O)[C@@H](N)Cc2c(C)cc(O)cc2C)CC1. The van der Waals surface area contributed by atoms with Crippen LogP contribution in [0.3, 0.4) is 0 Å². The predicted octanol–water partition coefficient (Wildman–Crippen LogP) is 4.76. The van der Waals surface area contributed by atoms with Crippen molar-refractivity contribution in [3.05, 3.63) is 129 Å². The highest BCUT2D eigenvalue weighted by atomic mass is 35.5. The Kier molecular flexibility index (Phi) is 14.1. The molecule has 2 aliphatic rings. The lowest BCUT2D eigenvalue weighted by Gasteiger charge is -2.39. The maximum absolute atomic E-state index is 14.2. The molecule has 4 aromatic carbocycles. The Labute approximate surface area is 350 Å². The standard InChI is InChI=1S/C46H53ClN6O6/c1-4-43(56)53(35-12-6-5-7-13-35)36-18-20-51(21-19-36)46(59)40(24-31-14-16-34(47)17-15-31)50-42(55)27-49-44(57)41-25-32-10-8-9-11-33(32)28-52(41)45(58)39(48)26-38-29(2)22-37(54)23-30(38)3/h5-17,22-23,36,39-41,54H,4,18-21,24-28,48H2,1-3H3,(H,49,57)(H,50,55)/t39-,40-,41+/m0/s1. The Bertz CT molecular complexity index is 2130. The number of carbonyl (C=O) groups excluding carboxylic acids is 5. The fourth-order valence-corrected chi connectivity index (χ4v) is 8.40. The number of anilines is 1. The smallest absolute Gasteiger partial charge is 0.245 e. The van der Waals surface area contributed by atoms with Gasteiger partial charge >= 0.3 is 0 Å². The van der Waals surface area contributed by atoms with Gasteiger partial charge in [-0.1, -0.05) is 73.1 Å². The number of phenols is 1. The molecule has 0 saturated carbocycles. The first-order valence-electron chi connectivity index (χ1n) is 20.2. The third-order valence-corrected chi connectivity index (χ3v) is 11.7. The summed E-state index contributed by atoms with van der Waals surface area (Å²) in [5, 5.41) is 16.2. The van der Waals surface area contributed by atoms with Crippen molar-refractivity contribution in [2.45, 2.75) is 90.0 Å². The predicted molar refractivity (Wildman–Crippen MR) is 228 cm³/mol. The summed E-state index contributed by atoms with van der Waals surface area (Å²) < 4.78 is 0. The molecule has 0 bridgehead atoms. The summed E-state index contributed by atoms with van der Waals surface area (Å²) in [6.07, 6.45) is 2.14. The molecular weight excluding hydrogens is 768 g/mol. The first-order valence-corrected chi connectivity index (χ1v) is 20.6. The molecule has 5 N–H and O–H groups in total. The molecule has 1 fully saturated rings. The summed E-state index contributed by atoms with van der Waals surface area (Å²) in [4.78, 5) is 73.8. The zero-order valence-electron chi connectivity index (χ0n) is 33.8. The normalized spacial score (nSPS) is 16.4. The average molecular weight is 821 g/mol. The number of benzene rings is 4. The van der Waals surface area contributed by atoms with E-state index in [0.717, 1.165) is 39.1 Å². The molecule has 0 aromatic heterocycles. The van der Waals surface area contributed by atoms with Gasteiger partial charge in [0.05, 0.1) is 12.6 Å². The number of piperidine rings is 1. The second-order valence-electron chi connectivity index (χ2n) is 15.5. The number of fused-ring (bicyclic) bond motifs is 1. The Hall–Kier alpha value is -5.72. The van der Waals surface area contributed by atoms with Crippen LogP contribution < -0.4 is 21.3 Å². The zero-order chi connectivity index (χ0) is 42.2. The second-order valence-corrected chi connectivity index (χ2v) is 15.9. The molecule has 3 atom stereocenters. The number of amides is 5. The first-order chi connectivity index (χ1) is 28.3. The maximum Gasteiger partial charge on any atom is 0.245 e. The number of aryl methyl sites for hydroxylation is 2. The Morgan fingerprint density at radius 1 is 0.864 bits per heavy atom. The topological polar surface area (TPSA) is 165 Å². The van der Waals surface area contributed by atoms with Gasteiger partial charge in [-0.15, -0.1) is 0 Å².